The van der Waals surface area contributed by atoms with Gasteiger partial charge >= 0.3 is 0 Å². The number of rotatable bonds is 2. The number of hydrogen-bond acceptors (Lipinski definition) is 5. The minimum Gasteiger partial charge on any atom is -0.399 e. The van der Waals surface area contributed by atoms with E-state index in [9.17, 15) is 8.42 Å². The molecule has 108 valence electrons. The number of thiophene rings is 1. The fourth-order valence-electron chi connectivity index (χ4n) is 2.44. The Bertz CT molecular complexity index is 834. The molecule has 2 heterocycles. The molecule has 0 spiro atoms. The number of benzene rings is 1. The van der Waals surface area contributed by atoms with Crippen molar-refractivity contribution in [1.29, 1.82) is 5.26 Å². The van der Waals surface area contributed by atoms with Gasteiger partial charge in [-0.3, -0.25) is 4.31 Å². The van der Waals surface area contributed by atoms with E-state index in [-0.39, 0.29) is 4.21 Å². The van der Waals surface area contributed by atoms with Crippen molar-refractivity contribution < 1.29 is 8.42 Å². The van der Waals surface area contributed by atoms with Crippen molar-refractivity contribution in [2.24, 2.45) is 0 Å². The number of sulfonamides is 1. The Morgan fingerprint density at radius 1 is 1.29 bits per heavy atom. The topological polar surface area (TPSA) is 87.2 Å². The molecule has 1 aromatic heterocycles. The lowest BCUT2D eigenvalue weighted by Crippen LogP contribution is -2.35. The number of nitrogens with two attached hydrogens (primary N) is 1. The minimum absolute atomic E-state index is 0.189. The zero-order valence-electron chi connectivity index (χ0n) is 11.1. The zero-order valence-corrected chi connectivity index (χ0v) is 12.7. The maximum absolute atomic E-state index is 12.8. The third kappa shape index (κ3) is 2.37. The maximum atomic E-state index is 12.8. The van der Waals surface area contributed by atoms with Crippen molar-refractivity contribution in [2.75, 3.05) is 16.6 Å². The minimum atomic E-state index is -3.64. The number of anilines is 2. The highest BCUT2D eigenvalue weighted by molar-refractivity contribution is 7.94. The number of nitrogen functional groups attached to an aromatic ring is 1. The Balaban J connectivity index is 2.09. The lowest BCUT2D eigenvalue weighted by Gasteiger charge is -2.30. The fourth-order valence-corrected chi connectivity index (χ4v) is 5.19. The van der Waals surface area contributed by atoms with E-state index in [1.807, 2.05) is 12.1 Å². The van der Waals surface area contributed by atoms with Crippen LogP contribution in [0.25, 0.3) is 0 Å². The molecular formula is C14H13N3O2S2. The van der Waals surface area contributed by atoms with E-state index in [1.165, 1.54) is 16.4 Å². The molecule has 0 fully saturated rings. The van der Waals surface area contributed by atoms with Crippen LogP contribution in [0.3, 0.4) is 0 Å². The molecule has 0 radical (unpaired) electrons. The largest absolute Gasteiger partial charge is 0.399 e. The summed E-state index contributed by atoms with van der Waals surface area (Å²) >= 11 is 0.990. The summed E-state index contributed by atoms with van der Waals surface area (Å²) < 4.78 is 27.1. The number of fused-ring (bicyclic) bond motifs is 1. The van der Waals surface area contributed by atoms with Crippen LogP contribution in [0.1, 0.15) is 16.9 Å². The standard InChI is InChI=1S/C14H13N3O2S2/c15-9-12-5-6-14(20-12)21(18,19)17-7-1-2-10-3-4-11(16)8-13(10)17/h3-6,8H,1-2,7,16H2. The second-order valence-corrected chi connectivity index (χ2v) is 7.97. The Kier molecular flexibility index (Phi) is 3.35. The molecule has 1 aromatic carbocycles. The highest BCUT2D eigenvalue weighted by atomic mass is 32.2. The predicted molar refractivity (Wildman–Crippen MR) is 82.7 cm³/mol. The summed E-state index contributed by atoms with van der Waals surface area (Å²) in [4.78, 5) is 0.387. The van der Waals surface area contributed by atoms with Crippen molar-refractivity contribution in [1.82, 2.24) is 0 Å². The van der Waals surface area contributed by atoms with Crippen molar-refractivity contribution in [2.45, 2.75) is 17.1 Å². The van der Waals surface area contributed by atoms with Gasteiger partial charge in [0.05, 0.1) is 5.69 Å². The van der Waals surface area contributed by atoms with Crippen LogP contribution in [0.5, 0.6) is 0 Å². The van der Waals surface area contributed by atoms with Crippen molar-refractivity contribution in [3.8, 4) is 6.07 Å². The Labute approximate surface area is 127 Å². The van der Waals surface area contributed by atoms with E-state index in [1.54, 1.807) is 12.1 Å². The molecule has 0 atom stereocenters. The molecule has 0 saturated carbocycles. The van der Waals surface area contributed by atoms with Gasteiger partial charge < -0.3 is 5.73 Å². The van der Waals surface area contributed by atoms with Gasteiger partial charge in [0.2, 0.25) is 0 Å². The first kappa shape index (κ1) is 13.9. The van der Waals surface area contributed by atoms with E-state index in [0.29, 0.717) is 22.8 Å². The zero-order chi connectivity index (χ0) is 15.0. The number of aryl methyl sites for hydroxylation is 1. The molecule has 0 amide bonds. The van der Waals surface area contributed by atoms with Gasteiger partial charge in [0, 0.05) is 12.2 Å². The molecule has 3 rings (SSSR count). The van der Waals surface area contributed by atoms with Gasteiger partial charge in [0.1, 0.15) is 15.2 Å². The molecule has 0 saturated heterocycles. The first-order valence-electron chi connectivity index (χ1n) is 6.43. The second-order valence-electron chi connectivity index (χ2n) is 4.80. The van der Waals surface area contributed by atoms with Crippen LogP contribution in [0.4, 0.5) is 11.4 Å². The molecule has 2 aromatic rings. The molecule has 2 N–H and O–H groups in total. The van der Waals surface area contributed by atoms with Crippen LogP contribution in [-0.4, -0.2) is 15.0 Å². The lowest BCUT2D eigenvalue weighted by atomic mass is 10.0. The van der Waals surface area contributed by atoms with Gasteiger partial charge in [0.25, 0.3) is 10.0 Å². The highest BCUT2D eigenvalue weighted by Gasteiger charge is 2.30. The summed E-state index contributed by atoms with van der Waals surface area (Å²) in [5.41, 5.74) is 7.96. The highest BCUT2D eigenvalue weighted by Crippen LogP contribution is 2.35. The van der Waals surface area contributed by atoms with Crippen LogP contribution in [-0.2, 0) is 16.4 Å². The molecule has 1 aliphatic heterocycles. The molecule has 0 aliphatic carbocycles. The van der Waals surface area contributed by atoms with Gasteiger partial charge in [-0.2, -0.15) is 5.26 Å². The van der Waals surface area contributed by atoms with Crippen molar-refractivity contribution in [3.63, 3.8) is 0 Å². The summed E-state index contributed by atoms with van der Waals surface area (Å²) in [6.45, 7) is 0.429. The molecular weight excluding hydrogens is 306 g/mol. The number of nitrogens with zero attached hydrogens (tertiary/aromatic N) is 2. The van der Waals surface area contributed by atoms with Crippen LogP contribution < -0.4 is 10.0 Å². The van der Waals surface area contributed by atoms with Gasteiger partial charge in [0.15, 0.2) is 0 Å². The Morgan fingerprint density at radius 2 is 2.10 bits per heavy atom. The summed E-state index contributed by atoms with van der Waals surface area (Å²) in [5.74, 6) is 0. The first-order valence-corrected chi connectivity index (χ1v) is 8.69. The first-order chi connectivity index (χ1) is 10.0. The Hall–Kier alpha value is -2.04. The second kappa shape index (κ2) is 5.06. The van der Waals surface area contributed by atoms with Crippen LogP contribution in [0.15, 0.2) is 34.5 Å². The summed E-state index contributed by atoms with van der Waals surface area (Å²) in [6.07, 6.45) is 1.61. The summed E-state index contributed by atoms with van der Waals surface area (Å²) in [7, 11) is -3.64. The maximum Gasteiger partial charge on any atom is 0.273 e. The Morgan fingerprint density at radius 3 is 2.81 bits per heavy atom. The summed E-state index contributed by atoms with van der Waals surface area (Å²) in [5, 5.41) is 8.86. The van der Waals surface area contributed by atoms with Gasteiger partial charge in [-0.25, -0.2) is 8.42 Å². The van der Waals surface area contributed by atoms with Crippen LogP contribution in [0, 0.1) is 11.3 Å². The average Bonchev–Trinajstić information content (AvgIpc) is 2.96. The number of nitriles is 1. The monoisotopic (exact) mass is 319 g/mol. The fraction of sp³-hybridized carbons (Fsp3) is 0.214. The lowest BCUT2D eigenvalue weighted by molar-refractivity contribution is 0.588. The molecule has 5 nitrogen and oxygen atoms in total. The summed E-state index contributed by atoms with van der Waals surface area (Å²) in [6, 6.07) is 10.3. The molecule has 1 aliphatic rings. The van der Waals surface area contributed by atoms with E-state index >= 15 is 0 Å². The van der Waals surface area contributed by atoms with Gasteiger partial charge in [-0.15, -0.1) is 11.3 Å². The van der Waals surface area contributed by atoms with Gasteiger partial charge in [-0.05, 0) is 42.7 Å². The molecule has 0 bridgehead atoms. The van der Waals surface area contributed by atoms with Crippen molar-refractivity contribution >= 4 is 32.7 Å². The van der Waals surface area contributed by atoms with Crippen molar-refractivity contribution in [3.05, 3.63) is 40.8 Å². The van der Waals surface area contributed by atoms with Crippen LogP contribution in [0.2, 0.25) is 0 Å². The van der Waals surface area contributed by atoms with Gasteiger partial charge in [-0.1, -0.05) is 6.07 Å². The molecule has 7 heteroatoms. The quantitative estimate of drug-likeness (QED) is 0.861. The van der Waals surface area contributed by atoms with E-state index in [0.717, 1.165) is 29.7 Å². The molecule has 0 unspecified atom stereocenters. The third-order valence-electron chi connectivity index (χ3n) is 3.42. The van der Waals surface area contributed by atoms with E-state index in [2.05, 4.69) is 0 Å². The normalized spacial score (nSPS) is 14.5. The smallest absolute Gasteiger partial charge is 0.273 e. The average molecular weight is 319 g/mol. The predicted octanol–water partition coefficient (Wildman–Crippen LogP) is 2.34. The van der Waals surface area contributed by atoms with Crippen LogP contribution >= 0.6 is 11.3 Å². The SMILES string of the molecule is N#Cc1ccc(S(=O)(=O)N2CCCc3ccc(N)cc32)s1. The van der Waals surface area contributed by atoms with E-state index < -0.39 is 10.0 Å². The van der Waals surface area contributed by atoms with E-state index in [4.69, 9.17) is 11.0 Å². The molecule has 21 heavy (non-hydrogen) atoms. The number of hydrogen-bond donors (Lipinski definition) is 1. The third-order valence-corrected chi connectivity index (χ3v) is 6.69.